The molecule has 0 aliphatic carbocycles. The van der Waals surface area contributed by atoms with E-state index in [0.717, 1.165) is 6.08 Å². The van der Waals surface area contributed by atoms with Gasteiger partial charge in [0, 0.05) is 23.5 Å². The van der Waals surface area contributed by atoms with Crippen molar-refractivity contribution in [1.82, 2.24) is 9.97 Å². The number of hydrogen-bond donors (Lipinski definition) is 2. The number of para-hydroxylation sites is 1. The number of alkyl halides is 3. The van der Waals surface area contributed by atoms with Crippen LogP contribution in [0.3, 0.4) is 0 Å². The van der Waals surface area contributed by atoms with E-state index < -0.39 is 17.8 Å². The molecule has 1 amide bonds. The number of nitrogens with one attached hydrogen (secondary N) is 1. The summed E-state index contributed by atoms with van der Waals surface area (Å²) in [7, 11) is 0. The van der Waals surface area contributed by atoms with Gasteiger partial charge in [0.2, 0.25) is 5.95 Å². The number of aromatic nitrogens is 2. The summed E-state index contributed by atoms with van der Waals surface area (Å²) in [5.41, 5.74) is 4.63. The summed E-state index contributed by atoms with van der Waals surface area (Å²) in [6.07, 6.45) is -1.06. The minimum absolute atomic E-state index is 0.0683. The summed E-state index contributed by atoms with van der Waals surface area (Å²) in [6.45, 7) is 0. The molecule has 0 aliphatic rings. The highest BCUT2D eigenvalue weighted by Gasteiger charge is 2.31. The molecule has 0 fully saturated rings. The summed E-state index contributed by atoms with van der Waals surface area (Å²) < 4.78 is 38.9. The number of nitrogens with two attached hydrogens (primary N) is 1. The second-order valence-electron chi connectivity index (χ2n) is 6.15. The Labute approximate surface area is 180 Å². The Hall–Kier alpha value is -3.72. The van der Waals surface area contributed by atoms with Gasteiger partial charge in [-0.15, -0.1) is 0 Å². The Bertz CT molecular complexity index is 1130. The fourth-order valence-electron chi connectivity index (χ4n) is 2.41. The number of amides is 1. The number of rotatable bonds is 5. The predicted octanol–water partition coefficient (Wildman–Crippen LogP) is 4.91. The number of allylic oxidation sites excluding steroid dienone is 2. The standard InChI is InChI=1S/C21H15ClF3N5O/c22-15-4-1-2-5-16(15)29-17(12-18(26)21(23,24)25)13-6-8-14(9-7-13)19(31)30-20-27-10-3-11-28-20/h1-12H,26H2,(H,27,28,30,31). The maximum absolute atomic E-state index is 13.0. The zero-order valence-electron chi connectivity index (χ0n) is 15.8. The molecular weight excluding hydrogens is 431 g/mol. The van der Waals surface area contributed by atoms with Crippen molar-refractivity contribution in [2.24, 2.45) is 10.7 Å². The van der Waals surface area contributed by atoms with E-state index in [2.05, 4.69) is 20.3 Å². The molecule has 3 rings (SSSR count). The van der Waals surface area contributed by atoms with Gasteiger partial charge in [-0.3, -0.25) is 10.1 Å². The number of halogens is 4. The number of aliphatic imine (C=N–C) groups is 1. The predicted molar refractivity (Wildman–Crippen MR) is 112 cm³/mol. The third-order valence-electron chi connectivity index (χ3n) is 3.95. The first-order chi connectivity index (χ1) is 14.7. The highest BCUT2D eigenvalue weighted by Crippen LogP contribution is 2.27. The number of hydrogen-bond acceptors (Lipinski definition) is 5. The van der Waals surface area contributed by atoms with Gasteiger partial charge in [-0.25, -0.2) is 15.0 Å². The van der Waals surface area contributed by atoms with Crippen molar-refractivity contribution in [1.29, 1.82) is 0 Å². The van der Waals surface area contributed by atoms with Crippen LogP contribution >= 0.6 is 11.6 Å². The van der Waals surface area contributed by atoms with Crippen LogP contribution in [0.4, 0.5) is 24.8 Å². The SMILES string of the molecule is NC(=CC(=Nc1ccccc1Cl)c1ccc(C(=O)Nc2ncccn2)cc1)C(F)(F)F. The molecule has 0 atom stereocenters. The zero-order valence-corrected chi connectivity index (χ0v) is 16.5. The van der Waals surface area contributed by atoms with E-state index in [1.54, 1.807) is 30.3 Å². The average Bonchev–Trinajstić information content (AvgIpc) is 2.75. The summed E-state index contributed by atoms with van der Waals surface area (Å²) >= 11 is 6.08. The van der Waals surface area contributed by atoms with Crippen LogP contribution in [-0.4, -0.2) is 27.8 Å². The topological polar surface area (TPSA) is 93.3 Å². The van der Waals surface area contributed by atoms with E-state index in [1.165, 1.54) is 36.7 Å². The third kappa shape index (κ3) is 5.89. The van der Waals surface area contributed by atoms with E-state index in [1.807, 2.05) is 0 Å². The molecule has 31 heavy (non-hydrogen) atoms. The number of anilines is 1. The fourth-order valence-corrected chi connectivity index (χ4v) is 2.59. The summed E-state index contributed by atoms with van der Waals surface area (Å²) in [6, 6.07) is 13.8. The maximum Gasteiger partial charge on any atom is 0.430 e. The Kier molecular flexibility index (Phi) is 6.66. The molecule has 2 aromatic carbocycles. The van der Waals surface area contributed by atoms with Crippen molar-refractivity contribution >= 4 is 34.9 Å². The van der Waals surface area contributed by atoms with Crippen molar-refractivity contribution < 1.29 is 18.0 Å². The molecule has 158 valence electrons. The lowest BCUT2D eigenvalue weighted by Crippen LogP contribution is -2.21. The Morgan fingerprint density at radius 2 is 1.61 bits per heavy atom. The minimum atomic E-state index is -4.73. The second-order valence-corrected chi connectivity index (χ2v) is 6.56. The number of nitrogens with zero attached hydrogens (tertiary/aromatic N) is 3. The van der Waals surface area contributed by atoms with E-state index in [-0.39, 0.29) is 27.9 Å². The van der Waals surface area contributed by atoms with Gasteiger partial charge in [0.05, 0.1) is 16.4 Å². The van der Waals surface area contributed by atoms with Crippen molar-refractivity contribution in [2.45, 2.75) is 6.18 Å². The number of benzene rings is 2. The van der Waals surface area contributed by atoms with Gasteiger partial charge in [0.1, 0.15) is 5.70 Å². The van der Waals surface area contributed by atoms with Crippen molar-refractivity contribution in [2.75, 3.05) is 5.32 Å². The Balaban J connectivity index is 1.94. The van der Waals surface area contributed by atoms with Crippen LogP contribution in [0.15, 0.2) is 83.8 Å². The molecule has 0 radical (unpaired) electrons. The second kappa shape index (κ2) is 9.40. The van der Waals surface area contributed by atoms with Gasteiger partial charge in [0.15, 0.2) is 0 Å². The highest BCUT2D eigenvalue weighted by atomic mass is 35.5. The quantitative estimate of drug-likeness (QED) is 0.546. The third-order valence-corrected chi connectivity index (χ3v) is 4.27. The molecule has 0 spiro atoms. The first-order valence-electron chi connectivity index (χ1n) is 8.80. The fraction of sp³-hybridized carbons (Fsp3) is 0.0476. The number of carbonyl (C=O) groups is 1. The summed E-state index contributed by atoms with van der Waals surface area (Å²) in [5.74, 6) is -0.355. The van der Waals surface area contributed by atoms with Crippen LogP contribution in [0.2, 0.25) is 5.02 Å². The van der Waals surface area contributed by atoms with E-state index in [4.69, 9.17) is 17.3 Å². The molecule has 0 unspecified atom stereocenters. The molecule has 3 aromatic rings. The highest BCUT2D eigenvalue weighted by molar-refractivity contribution is 6.33. The molecule has 0 saturated heterocycles. The van der Waals surface area contributed by atoms with Crippen LogP contribution in [0, 0.1) is 0 Å². The monoisotopic (exact) mass is 445 g/mol. The van der Waals surface area contributed by atoms with E-state index in [9.17, 15) is 18.0 Å². The van der Waals surface area contributed by atoms with Gasteiger partial charge in [-0.05, 0) is 36.4 Å². The molecular formula is C21H15ClF3N5O. The zero-order chi connectivity index (χ0) is 22.4. The van der Waals surface area contributed by atoms with Crippen LogP contribution < -0.4 is 11.1 Å². The van der Waals surface area contributed by atoms with Crippen LogP contribution in [-0.2, 0) is 0 Å². The Morgan fingerprint density at radius 3 is 2.23 bits per heavy atom. The van der Waals surface area contributed by atoms with E-state index in [0.29, 0.717) is 5.56 Å². The molecule has 6 nitrogen and oxygen atoms in total. The molecule has 0 aliphatic heterocycles. The van der Waals surface area contributed by atoms with Crippen LogP contribution in [0.5, 0.6) is 0 Å². The van der Waals surface area contributed by atoms with Crippen molar-refractivity contribution in [3.63, 3.8) is 0 Å². The lowest BCUT2D eigenvalue weighted by atomic mass is 10.1. The van der Waals surface area contributed by atoms with Crippen LogP contribution in [0.25, 0.3) is 0 Å². The molecule has 0 bridgehead atoms. The van der Waals surface area contributed by atoms with Crippen LogP contribution in [0.1, 0.15) is 15.9 Å². The molecule has 10 heteroatoms. The molecule has 1 heterocycles. The summed E-state index contributed by atoms with van der Waals surface area (Å²) in [5, 5.41) is 2.78. The van der Waals surface area contributed by atoms with Gasteiger partial charge in [0.25, 0.3) is 5.91 Å². The van der Waals surface area contributed by atoms with Gasteiger partial charge in [-0.2, -0.15) is 13.2 Å². The normalized spacial score (nSPS) is 12.5. The van der Waals surface area contributed by atoms with E-state index >= 15 is 0 Å². The summed E-state index contributed by atoms with van der Waals surface area (Å²) in [4.78, 5) is 24.3. The van der Waals surface area contributed by atoms with Gasteiger partial charge >= 0.3 is 6.18 Å². The van der Waals surface area contributed by atoms with Gasteiger partial charge < -0.3 is 5.73 Å². The number of carbonyl (C=O) groups excluding carboxylic acids is 1. The lowest BCUT2D eigenvalue weighted by Gasteiger charge is -2.10. The maximum atomic E-state index is 13.0. The van der Waals surface area contributed by atoms with Crippen molar-refractivity contribution in [3.8, 4) is 0 Å². The molecule has 0 saturated carbocycles. The minimum Gasteiger partial charge on any atom is -0.395 e. The van der Waals surface area contributed by atoms with Gasteiger partial charge in [-0.1, -0.05) is 35.9 Å². The average molecular weight is 446 g/mol. The lowest BCUT2D eigenvalue weighted by molar-refractivity contribution is -0.0925. The molecule has 1 aromatic heterocycles. The smallest absolute Gasteiger partial charge is 0.395 e. The largest absolute Gasteiger partial charge is 0.430 e. The molecule has 3 N–H and O–H groups in total. The first-order valence-corrected chi connectivity index (χ1v) is 9.18. The first kappa shape index (κ1) is 22.0. The Morgan fingerprint density at radius 1 is 1.00 bits per heavy atom. The van der Waals surface area contributed by atoms with Crippen molar-refractivity contribution in [3.05, 3.63) is 94.9 Å².